The van der Waals surface area contributed by atoms with E-state index in [4.69, 9.17) is 15.2 Å². The highest BCUT2D eigenvalue weighted by Gasteiger charge is 2.50. The van der Waals surface area contributed by atoms with E-state index in [9.17, 15) is 0 Å². The van der Waals surface area contributed by atoms with E-state index in [0.29, 0.717) is 18.3 Å². The van der Waals surface area contributed by atoms with Gasteiger partial charge in [0.05, 0.1) is 18.3 Å². The van der Waals surface area contributed by atoms with E-state index < -0.39 is 0 Å². The lowest BCUT2D eigenvalue weighted by Gasteiger charge is -2.33. The first-order chi connectivity index (χ1) is 6.76. The van der Waals surface area contributed by atoms with E-state index in [2.05, 4.69) is 0 Å². The molecule has 3 aliphatic rings. The third-order valence-electron chi connectivity index (χ3n) is 3.99. The zero-order valence-electron chi connectivity index (χ0n) is 8.58. The van der Waals surface area contributed by atoms with Crippen LogP contribution in [0.4, 0.5) is 0 Å². The van der Waals surface area contributed by atoms with Gasteiger partial charge in [-0.2, -0.15) is 0 Å². The van der Waals surface area contributed by atoms with Gasteiger partial charge in [0.1, 0.15) is 0 Å². The second-order valence-corrected chi connectivity index (χ2v) is 5.10. The van der Waals surface area contributed by atoms with Crippen molar-refractivity contribution < 1.29 is 9.47 Å². The Kier molecular flexibility index (Phi) is 2.08. The molecule has 3 aliphatic heterocycles. The zero-order valence-corrected chi connectivity index (χ0v) is 8.58. The average molecular weight is 197 g/mol. The van der Waals surface area contributed by atoms with Crippen LogP contribution in [0.15, 0.2) is 0 Å². The van der Waals surface area contributed by atoms with Gasteiger partial charge in [-0.3, -0.25) is 0 Å². The first-order valence-corrected chi connectivity index (χ1v) is 5.82. The molecule has 3 heteroatoms. The van der Waals surface area contributed by atoms with Crippen molar-refractivity contribution in [3.63, 3.8) is 0 Å². The summed E-state index contributed by atoms with van der Waals surface area (Å²) in [6, 6.07) is 0. The SMILES string of the molecule is NC1(CC2CCCO2)CC2CCC1O2. The maximum absolute atomic E-state index is 6.42. The van der Waals surface area contributed by atoms with E-state index in [-0.39, 0.29) is 5.54 Å². The summed E-state index contributed by atoms with van der Waals surface area (Å²) in [5, 5.41) is 0. The standard InChI is InChI=1S/C11H19NO2/c12-11(6-8-2-1-5-13-8)7-9-3-4-10(11)14-9/h8-10H,1-7,12H2. The zero-order chi connectivity index (χ0) is 9.60. The number of ether oxygens (including phenoxy) is 2. The van der Waals surface area contributed by atoms with Crippen molar-refractivity contribution in [3.8, 4) is 0 Å². The molecule has 0 aromatic rings. The molecule has 3 fully saturated rings. The van der Waals surface area contributed by atoms with Gasteiger partial charge in [0.15, 0.2) is 0 Å². The lowest BCUT2D eigenvalue weighted by atomic mass is 9.78. The fourth-order valence-corrected chi connectivity index (χ4v) is 3.28. The number of hydrogen-bond donors (Lipinski definition) is 1. The van der Waals surface area contributed by atoms with E-state index in [1.165, 1.54) is 19.3 Å². The minimum absolute atomic E-state index is 0.0715. The predicted molar refractivity (Wildman–Crippen MR) is 53.0 cm³/mol. The van der Waals surface area contributed by atoms with Gasteiger partial charge in [-0.15, -0.1) is 0 Å². The topological polar surface area (TPSA) is 44.5 Å². The second-order valence-electron chi connectivity index (χ2n) is 5.10. The first-order valence-electron chi connectivity index (χ1n) is 5.82. The average Bonchev–Trinajstić information content (AvgIpc) is 2.78. The van der Waals surface area contributed by atoms with Gasteiger partial charge >= 0.3 is 0 Å². The van der Waals surface area contributed by atoms with Crippen LogP contribution < -0.4 is 5.73 Å². The Morgan fingerprint density at radius 1 is 1.29 bits per heavy atom. The molecule has 0 radical (unpaired) electrons. The molecule has 0 saturated carbocycles. The summed E-state index contributed by atoms with van der Waals surface area (Å²) in [6.07, 6.45) is 8.01. The van der Waals surface area contributed by atoms with Crippen LogP contribution in [0.5, 0.6) is 0 Å². The van der Waals surface area contributed by atoms with Crippen LogP contribution in [0.3, 0.4) is 0 Å². The summed E-state index contributed by atoms with van der Waals surface area (Å²) in [6.45, 7) is 0.926. The minimum Gasteiger partial charge on any atom is -0.378 e. The molecular weight excluding hydrogens is 178 g/mol. The second kappa shape index (κ2) is 3.19. The molecule has 0 aromatic heterocycles. The Morgan fingerprint density at radius 2 is 2.21 bits per heavy atom. The van der Waals surface area contributed by atoms with Crippen LogP contribution in [0.2, 0.25) is 0 Å². The molecule has 0 spiro atoms. The minimum atomic E-state index is -0.0715. The third-order valence-corrected chi connectivity index (χ3v) is 3.99. The van der Waals surface area contributed by atoms with Gasteiger partial charge in [0.2, 0.25) is 0 Å². The molecule has 0 aromatic carbocycles. The molecule has 3 nitrogen and oxygen atoms in total. The normalized spacial score (nSPS) is 51.6. The monoisotopic (exact) mass is 197 g/mol. The number of hydrogen-bond acceptors (Lipinski definition) is 3. The molecule has 4 atom stereocenters. The maximum atomic E-state index is 6.42. The Labute approximate surface area is 84.9 Å². The largest absolute Gasteiger partial charge is 0.378 e. The van der Waals surface area contributed by atoms with Gasteiger partial charge in [-0.25, -0.2) is 0 Å². The summed E-state index contributed by atoms with van der Waals surface area (Å²) < 4.78 is 11.5. The van der Waals surface area contributed by atoms with Gasteiger partial charge < -0.3 is 15.2 Å². The Bertz CT molecular complexity index is 227. The summed E-state index contributed by atoms with van der Waals surface area (Å²) >= 11 is 0. The maximum Gasteiger partial charge on any atom is 0.0761 e. The molecule has 4 unspecified atom stereocenters. The van der Waals surface area contributed by atoms with Gasteiger partial charge in [-0.05, 0) is 38.5 Å². The summed E-state index contributed by atoms with van der Waals surface area (Å²) in [5.41, 5.74) is 6.35. The quantitative estimate of drug-likeness (QED) is 0.723. The highest BCUT2D eigenvalue weighted by atomic mass is 16.5. The molecule has 2 N–H and O–H groups in total. The first kappa shape index (κ1) is 9.13. The molecular formula is C11H19NO2. The summed E-state index contributed by atoms with van der Waals surface area (Å²) in [7, 11) is 0. The molecule has 3 saturated heterocycles. The van der Waals surface area contributed by atoms with E-state index >= 15 is 0 Å². The lowest BCUT2D eigenvalue weighted by molar-refractivity contribution is 0.0491. The number of nitrogens with two attached hydrogens (primary N) is 1. The van der Waals surface area contributed by atoms with Crippen molar-refractivity contribution in [2.75, 3.05) is 6.61 Å². The molecule has 3 rings (SSSR count). The van der Waals surface area contributed by atoms with Gasteiger partial charge in [0.25, 0.3) is 0 Å². The fraction of sp³-hybridized carbons (Fsp3) is 1.00. The highest BCUT2D eigenvalue weighted by molar-refractivity contribution is 5.06. The van der Waals surface area contributed by atoms with Crippen molar-refractivity contribution >= 4 is 0 Å². The van der Waals surface area contributed by atoms with Crippen LogP contribution in [-0.2, 0) is 9.47 Å². The third kappa shape index (κ3) is 1.38. The van der Waals surface area contributed by atoms with E-state index in [1.807, 2.05) is 0 Å². The summed E-state index contributed by atoms with van der Waals surface area (Å²) in [5.74, 6) is 0. The molecule has 14 heavy (non-hydrogen) atoms. The molecule has 0 aliphatic carbocycles. The highest BCUT2D eigenvalue weighted by Crippen LogP contribution is 2.43. The Hall–Kier alpha value is -0.120. The number of rotatable bonds is 2. The number of fused-ring (bicyclic) bond motifs is 2. The van der Waals surface area contributed by atoms with Gasteiger partial charge in [-0.1, -0.05) is 0 Å². The van der Waals surface area contributed by atoms with Crippen LogP contribution in [-0.4, -0.2) is 30.5 Å². The van der Waals surface area contributed by atoms with Crippen molar-refractivity contribution in [1.29, 1.82) is 0 Å². The lowest BCUT2D eigenvalue weighted by Crippen LogP contribution is -2.50. The Morgan fingerprint density at radius 3 is 2.79 bits per heavy atom. The van der Waals surface area contributed by atoms with E-state index in [1.54, 1.807) is 0 Å². The van der Waals surface area contributed by atoms with Crippen molar-refractivity contribution in [2.24, 2.45) is 5.73 Å². The smallest absolute Gasteiger partial charge is 0.0761 e. The van der Waals surface area contributed by atoms with Crippen LogP contribution in [0.25, 0.3) is 0 Å². The van der Waals surface area contributed by atoms with Crippen molar-refractivity contribution in [2.45, 2.75) is 62.4 Å². The molecule has 3 heterocycles. The summed E-state index contributed by atoms with van der Waals surface area (Å²) in [4.78, 5) is 0. The van der Waals surface area contributed by atoms with Crippen molar-refractivity contribution in [1.82, 2.24) is 0 Å². The predicted octanol–water partition coefficient (Wildman–Crippen LogP) is 1.20. The van der Waals surface area contributed by atoms with Crippen LogP contribution in [0, 0.1) is 0 Å². The van der Waals surface area contributed by atoms with Crippen LogP contribution in [0.1, 0.15) is 38.5 Å². The fourth-order valence-electron chi connectivity index (χ4n) is 3.28. The Balaban J connectivity index is 1.65. The molecule has 0 amide bonds. The molecule has 2 bridgehead atoms. The van der Waals surface area contributed by atoms with E-state index in [0.717, 1.165) is 25.9 Å². The van der Waals surface area contributed by atoms with Crippen molar-refractivity contribution in [3.05, 3.63) is 0 Å². The van der Waals surface area contributed by atoms with Gasteiger partial charge in [0, 0.05) is 12.1 Å². The van der Waals surface area contributed by atoms with Crippen LogP contribution >= 0.6 is 0 Å². The molecule has 80 valence electrons.